The summed E-state index contributed by atoms with van der Waals surface area (Å²) < 4.78 is 0. The Balaban J connectivity index is -0.0000000675. The Hall–Kier alpha value is 0.162. The summed E-state index contributed by atoms with van der Waals surface area (Å²) in [4.78, 5) is 20.4. The van der Waals surface area contributed by atoms with Crippen molar-refractivity contribution in [1.82, 2.24) is 17.6 Å². The predicted octanol–water partition coefficient (Wildman–Crippen LogP) is -4.50. The van der Waals surface area contributed by atoms with Crippen LogP contribution >= 0.6 is 12.6 Å². The topological polar surface area (TPSA) is 139 Å². The van der Waals surface area contributed by atoms with Gasteiger partial charge in [-0.2, -0.15) is 12.6 Å². The van der Waals surface area contributed by atoms with Crippen LogP contribution in [-0.4, -0.2) is 23.7 Å². The molecule has 0 aromatic rings. The second kappa shape index (κ2) is 15.6. The fraction of sp³-hybridized carbons (Fsp3) is 0.600. The number of carbonyl (C=O) groups is 2. The summed E-state index contributed by atoms with van der Waals surface area (Å²) in [7, 11) is 0. The fourth-order valence-corrected chi connectivity index (χ4v) is 0.665. The quantitative estimate of drug-likeness (QED) is 0.303. The van der Waals surface area contributed by atoms with Crippen LogP contribution in [0.4, 0.5) is 0 Å². The number of halogens is 1. The van der Waals surface area contributed by atoms with E-state index in [4.69, 9.17) is 0 Å². The summed E-state index contributed by atoms with van der Waals surface area (Å²) >= 11 is 3.69. The Morgan fingerprint density at radius 2 is 1.79 bits per heavy atom. The molecule has 6 nitrogen and oxygen atoms in total. The third-order valence-electron chi connectivity index (χ3n) is 0.845. The Morgan fingerprint density at radius 3 is 1.86 bits per heavy atom. The molecular weight excluding hydrogens is 324 g/mol. The number of carbonyl (C=O) groups excluding carboxylic acids is 2. The average molecular weight is 338 g/mol. The van der Waals surface area contributed by atoms with Crippen molar-refractivity contribution in [3.63, 3.8) is 0 Å². The average Bonchev–Trinajstić information content (AvgIpc) is 1.81. The molecule has 0 aromatic carbocycles. The van der Waals surface area contributed by atoms with Crippen molar-refractivity contribution in [1.29, 1.82) is 0 Å². The normalized spacial score (nSPS) is 8.71. The molecule has 1 amide bonds. The predicted molar refractivity (Wildman–Crippen MR) is 46.5 cm³/mol. The van der Waals surface area contributed by atoms with Crippen molar-refractivity contribution in [2.75, 3.05) is 5.75 Å². The smallest absolute Gasteiger partial charge is 1.00 e. The molecule has 90 valence electrons. The molecule has 0 aliphatic heterocycles. The summed E-state index contributed by atoms with van der Waals surface area (Å²) in [5.74, 6) is -1.67. The van der Waals surface area contributed by atoms with Crippen LogP contribution in [0.25, 0.3) is 0 Å². The van der Waals surface area contributed by atoms with Crippen molar-refractivity contribution in [2.45, 2.75) is 13.0 Å². The van der Waals surface area contributed by atoms with E-state index in [0.717, 1.165) is 0 Å². The molecule has 0 aromatic heterocycles. The molecule has 7 N–H and O–H groups in total. The monoisotopic (exact) mass is 337 g/mol. The fourth-order valence-electron chi connectivity index (χ4n) is 0.424. The van der Waals surface area contributed by atoms with Crippen LogP contribution in [0.2, 0.25) is 0 Å². The SMILES string of the molecule is CC(=O)NC(CS)C(=O)[O-].N.N.[Cl-].[Pd+2]. The third kappa shape index (κ3) is 14.7. The van der Waals surface area contributed by atoms with E-state index in [1.54, 1.807) is 0 Å². The van der Waals surface area contributed by atoms with E-state index in [2.05, 4.69) is 17.9 Å². The molecule has 1 atom stereocenters. The first-order chi connectivity index (χ1) is 4.57. The molecule has 0 spiro atoms. The molecule has 14 heavy (non-hydrogen) atoms. The van der Waals surface area contributed by atoms with Crippen LogP contribution < -0.4 is 35.1 Å². The van der Waals surface area contributed by atoms with Gasteiger partial charge in [-0.1, -0.05) is 0 Å². The molecule has 0 bridgehead atoms. The largest absolute Gasteiger partial charge is 2.00 e. The zero-order valence-electron chi connectivity index (χ0n) is 7.56. The van der Waals surface area contributed by atoms with Gasteiger partial charge < -0.3 is 39.9 Å². The van der Waals surface area contributed by atoms with Gasteiger partial charge in [-0.05, 0) is 0 Å². The number of thiol groups is 1. The van der Waals surface area contributed by atoms with Crippen molar-refractivity contribution in [3.05, 3.63) is 0 Å². The Kier molecular flexibility index (Phi) is 32.6. The van der Waals surface area contributed by atoms with E-state index < -0.39 is 17.9 Å². The maximum Gasteiger partial charge on any atom is 2.00 e. The van der Waals surface area contributed by atoms with Gasteiger partial charge in [-0.15, -0.1) is 0 Å². The Bertz CT molecular complexity index is 163. The minimum absolute atomic E-state index is 0. The number of hydrogen-bond donors (Lipinski definition) is 4. The van der Waals surface area contributed by atoms with Crippen LogP contribution in [0.1, 0.15) is 6.92 Å². The van der Waals surface area contributed by atoms with E-state index in [-0.39, 0.29) is 50.9 Å². The Morgan fingerprint density at radius 1 is 1.43 bits per heavy atom. The number of amides is 1. The van der Waals surface area contributed by atoms with Crippen LogP contribution in [0.5, 0.6) is 0 Å². The molecule has 0 saturated heterocycles. The van der Waals surface area contributed by atoms with Crippen molar-refractivity contribution < 1.29 is 47.5 Å². The second-order valence-corrected chi connectivity index (χ2v) is 2.12. The molecule has 0 fully saturated rings. The van der Waals surface area contributed by atoms with Crippen LogP contribution in [0.15, 0.2) is 0 Å². The van der Waals surface area contributed by atoms with Gasteiger partial charge in [0.25, 0.3) is 0 Å². The zero-order chi connectivity index (χ0) is 8.15. The van der Waals surface area contributed by atoms with Gasteiger partial charge in [-0.25, -0.2) is 0 Å². The van der Waals surface area contributed by atoms with Gasteiger partial charge in [0.05, 0.1) is 12.0 Å². The van der Waals surface area contributed by atoms with E-state index in [0.29, 0.717) is 0 Å². The number of rotatable bonds is 3. The minimum atomic E-state index is -1.31. The van der Waals surface area contributed by atoms with Crippen LogP contribution in [0, 0.1) is 0 Å². The van der Waals surface area contributed by atoms with E-state index in [9.17, 15) is 14.7 Å². The molecule has 0 aliphatic carbocycles. The maximum atomic E-state index is 10.3. The summed E-state index contributed by atoms with van der Waals surface area (Å²) in [5, 5.41) is 12.2. The maximum absolute atomic E-state index is 10.3. The molecule has 0 rings (SSSR count). The van der Waals surface area contributed by atoms with Gasteiger partial charge in [0.2, 0.25) is 5.91 Å². The third-order valence-corrected chi connectivity index (χ3v) is 1.21. The zero-order valence-corrected chi connectivity index (χ0v) is 10.8. The molecule has 9 heteroatoms. The van der Waals surface area contributed by atoms with E-state index in [1.807, 2.05) is 0 Å². The number of hydrogen-bond acceptors (Lipinski definition) is 6. The molecule has 0 radical (unpaired) electrons. The first-order valence-corrected chi connectivity index (χ1v) is 3.30. The minimum Gasteiger partial charge on any atom is -1.00 e. The molecule has 0 saturated carbocycles. The summed E-state index contributed by atoms with van der Waals surface area (Å²) in [6, 6.07) is -0.985. The number of carboxylic acids is 1. The summed E-state index contributed by atoms with van der Waals surface area (Å²) in [6.45, 7) is 1.24. The summed E-state index contributed by atoms with van der Waals surface area (Å²) in [5.41, 5.74) is 0. The van der Waals surface area contributed by atoms with E-state index in [1.165, 1.54) is 6.92 Å². The van der Waals surface area contributed by atoms with Crippen LogP contribution in [-0.2, 0) is 30.0 Å². The molecular formula is C5H14ClN3O3PdS. The van der Waals surface area contributed by atoms with Crippen LogP contribution in [0.3, 0.4) is 0 Å². The number of nitrogens with one attached hydrogen (secondary N) is 1. The molecule has 0 aliphatic rings. The summed E-state index contributed by atoms with van der Waals surface area (Å²) in [6.07, 6.45) is 0. The molecule has 0 heterocycles. The number of aliphatic carboxylic acids is 1. The van der Waals surface area contributed by atoms with Crippen molar-refractivity contribution >= 4 is 24.5 Å². The van der Waals surface area contributed by atoms with E-state index >= 15 is 0 Å². The van der Waals surface area contributed by atoms with Gasteiger partial charge in [0.15, 0.2) is 0 Å². The van der Waals surface area contributed by atoms with Crippen molar-refractivity contribution in [2.24, 2.45) is 0 Å². The van der Waals surface area contributed by atoms with Crippen molar-refractivity contribution in [3.8, 4) is 0 Å². The second-order valence-electron chi connectivity index (χ2n) is 1.75. The molecule has 1 unspecified atom stereocenters. The first kappa shape index (κ1) is 29.2. The van der Waals surface area contributed by atoms with Gasteiger partial charge in [0, 0.05) is 12.7 Å². The van der Waals surface area contributed by atoms with Gasteiger partial charge in [0.1, 0.15) is 0 Å². The van der Waals surface area contributed by atoms with Gasteiger partial charge in [-0.3, -0.25) is 4.79 Å². The Labute approximate surface area is 108 Å². The first-order valence-electron chi connectivity index (χ1n) is 2.66. The number of carboxylic acid groups (broad SMARTS) is 1. The standard InChI is InChI=1S/C5H9NO3S.ClH.2H3N.Pd/c1-3(7)6-4(2-10)5(8)9;;;;/h4,10H,2H2,1H3,(H,6,7)(H,8,9);1H;2*1H3;/q;;;;+2/p-2. The van der Waals surface area contributed by atoms with Gasteiger partial charge >= 0.3 is 20.4 Å².